The van der Waals surface area contributed by atoms with Crippen LogP contribution in [0.25, 0.3) is 0 Å². The average molecular weight is 1030 g/mol. The second-order valence-corrected chi connectivity index (χ2v) is 20.4. The van der Waals surface area contributed by atoms with E-state index in [1.807, 2.05) is 6.08 Å². The number of hydrogen-bond acceptors (Lipinski definition) is 8. The number of amides is 1. The van der Waals surface area contributed by atoms with Crippen molar-refractivity contribution in [3.8, 4) is 0 Å². The van der Waals surface area contributed by atoms with Crippen molar-refractivity contribution < 1.29 is 39.8 Å². The lowest BCUT2D eigenvalue weighted by atomic mass is 9.99. The lowest BCUT2D eigenvalue weighted by Crippen LogP contribution is -2.60. The van der Waals surface area contributed by atoms with Crippen molar-refractivity contribution in [3.63, 3.8) is 0 Å². The Labute approximate surface area is 453 Å². The van der Waals surface area contributed by atoms with Gasteiger partial charge in [0.15, 0.2) is 6.29 Å². The maximum Gasteiger partial charge on any atom is 0.220 e. The maximum absolute atomic E-state index is 13.1. The van der Waals surface area contributed by atoms with Gasteiger partial charge in [-0.05, 0) is 83.5 Å². The molecule has 0 aliphatic carbocycles. The Balaban J connectivity index is 2.28. The summed E-state index contributed by atoms with van der Waals surface area (Å²) in [7, 11) is 0. The van der Waals surface area contributed by atoms with Crippen LogP contribution in [0.5, 0.6) is 0 Å². The van der Waals surface area contributed by atoms with Crippen LogP contribution in [0.2, 0.25) is 0 Å². The van der Waals surface area contributed by atoms with E-state index in [1.54, 1.807) is 6.08 Å². The summed E-state index contributed by atoms with van der Waals surface area (Å²) in [5, 5.41) is 54.6. The number of hydrogen-bond donors (Lipinski definition) is 6. The molecule has 1 amide bonds. The summed E-state index contributed by atoms with van der Waals surface area (Å²) in [5.74, 6) is -0.222. The number of carbonyl (C=O) groups excluding carboxylic acids is 1. The van der Waals surface area contributed by atoms with Gasteiger partial charge in [0, 0.05) is 6.42 Å². The molecule has 0 radical (unpaired) electrons. The highest BCUT2D eigenvalue weighted by Gasteiger charge is 2.44. The molecule has 1 aliphatic rings. The number of nitrogens with one attached hydrogen (secondary N) is 1. The summed E-state index contributed by atoms with van der Waals surface area (Å²) in [6, 6.07) is -0.838. The van der Waals surface area contributed by atoms with E-state index in [0.29, 0.717) is 6.42 Å². The maximum atomic E-state index is 13.1. The normalized spacial score (nSPS) is 19.8. The number of carbonyl (C=O) groups is 1. The third-order valence-corrected chi connectivity index (χ3v) is 13.6. The highest BCUT2D eigenvalue weighted by Crippen LogP contribution is 2.23. The largest absolute Gasteiger partial charge is 0.394 e. The molecular weight excluding hydrogens is 923 g/mol. The van der Waals surface area contributed by atoms with Gasteiger partial charge in [-0.15, -0.1) is 0 Å². The van der Waals surface area contributed by atoms with Crippen molar-refractivity contribution in [2.24, 2.45) is 0 Å². The fourth-order valence-corrected chi connectivity index (χ4v) is 8.88. The lowest BCUT2D eigenvalue weighted by molar-refractivity contribution is -0.302. The fraction of sp³-hybridized carbons (Fsp3) is 0.708. The van der Waals surface area contributed by atoms with Crippen molar-refractivity contribution >= 4 is 5.91 Å². The molecule has 7 unspecified atom stereocenters. The zero-order chi connectivity index (χ0) is 53.6. The number of allylic oxidation sites excluding steroid dienone is 17. The van der Waals surface area contributed by atoms with Gasteiger partial charge in [-0.3, -0.25) is 4.79 Å². The molecule has 0 spiro atoms. The molecule has 1 heterocycles. The summed E-state index contributed by atoms with van der Waals surface area (Å²) in [6.07, 6.45) is 71.5. The number of rotatable bonds is 50. The van der Waals surface area contributed by atoms with Gasteiger partial charge in [-0.2, -0.15) is 0 Å². The van der Waals surface area contributed by atoms with E-state index in [1.165, 1.54) is 128 Å². The van der Waals surface area contributed by atoms with Crippen LogP contribution < -0.4 is 5.32 Å². The van der Waals surface area contributed by atoms with Crippen LogP contribution in [0.3, 0.4) is 0 Å². The number of aliphatic hydroxyl groups excluding tert-OH is 5. The Morgan fingerprint density at radius 1 is 0.473 bits per heavy atom. The summed E-state index contributed by atoms with van der Waals surface area (Å²) in [4.78, 5) is 13.1. The summed E-state index contributed by atoms with van der Waals surface area (Å²) in [6.45, 7) is 3.65. The second kappa shape index (κ2) is 53.3. The van der Waals surface area contributed by atoms with E-state index in [4.69, 9.17) is 9.47 Å². The van der Waals surface area contributed by atoms with Gasteiger partial charge in [-0.1, -0.05) is 258 Å². The van der Waals surface area contributed by atoms with E-state index in [2.05, 4.69) is 116 Å². The predicted molar refractivity (Wildman–Crippen MR) is 313 cm³/mol. The Morgan fingerprint density at radius 3 is 1.24 bits per heavy atom. The molecule has 74 heavy (non-hydrogen) atoms. The predicted octanol–water partition coefficient (Wildman–Crippen LogP) is 15.3. The Kier molecular flexibility index (Phi) is 49.6. The zero-order valence-electron chi connectivity index (χ0n) is 47.1. The molecule has 1 rings (SSSR count). The van der Waals surface area contributed by atoms with E-state index in [0.717, 1.165) is 83.5 Å². The minimum atomic E-state index is -1.58. The molecule has 1 aliphatic heterocycles. The van der Waals surface area contributed by atoms with Crippen LogP contribution in [-0.2, 0) is 14.3 Å². The first-order valence-corrected chi connectivity index (χ1v) is 30.1. The summed E-state index contributed by atoms with van der Waals surface area (Å²) >= 11 is 0. The average Bonchev–Trinajstić information content (AvgIpc) is 3.40. The monoisotopic (exact) mass is 1030 g/mol. The number of ether oxygens (including phenoxy) is 2. The van der Waals surface area contributed by atoms with Gasteiger partial charge in [0.05, 0.1) is 25.4 Å². The SMILES string of the molecule is CC/C=C\C/C=C\C/C=C\C/C=C\C/C=C\C/C=C\C/C=C\C/C=C\CCCCC(=O)NC(COC1OC(CO)C(O)C(O)C1O)C(O)/C=C/CCCCCCCCCCCCCCCCCCCCCCCC. The van der Waals surface area contributed by atoms with Crippen LogP contribution in [0.1, 0.15) is 239 Å². The van der Waals surface area contributed by atoms with Gasteiger partial charge in [-0.25, -0.2) is 0 Å². The minimum absolute atomic E-state index is 0.213. The molecule has 9 nitrogen and oxygen atoms in total. The molecule has 424 valence electrons. The van der Waals surface area contributed by atoms with Gasteiger partial charge in [0.1, 0.15) is 24.4 Å². The van der Waals surface area contributed by atoms with Gasteiger partial charge < -0.3 is 40.3 Å². The molecule has 0 aromatic rings. The second-order valence-electron chi connectivity index (χ2n) is 20.4. The molecule has 0 aromatic carbocycles. The van der Waals surface area contributed by atoms with Crippen LogP contribution in [-0.4, -0.2) is 87.5 Å². The lowest BCUT2D eigenvalue weighted by Gasteiger charge is -2.40. The van der Waals surface area contributed by atoms with Gasteiger partial charge in [0.2, 0.25) is 5.91 Å². The first-order valence-electron chi connectivity index (χ1n) is 30.1. The molecule has 7 atom stereocenters. The molecule has 0 aromatic heterocycles. The van der Waals surface area contributed by atoms with Crippen LogP contribution in [0.15, 0.2) is 109 Å². The van der Waals surface area contributed by atoms with E-state index in [-0.39, 0.29) is 18.9 Å². The van der Waals surface area contributed by atoms with Crippen molar-refractivity contribution in [1.29, 1.82) is 0 Å². The van der Waals surface area contributed by atoms with E-state index in [9.17, 15) is 30.3 Å². The molecule has 0 saturated carbocycles. The highest BCUT2D eigenvalue weighted by molar-refractivity contribution is 5.76. The van der Waals surface area contributed by atoms with Crippen LogP contribution in [0.4, 0.5) is 0 Å². The first-order chi connectivity index (χ1) is 36.3. The smallest absolute Gasteiger partial charge is 0.220 e. The van der Waals surface area contributed by atoms with Crippen molar-refractivity contribution in [1.82, 2.24) is 5.32 Å². The third kappa shape index (κ3) is 42.0. The van der Waals surface area contributed by atoms with Gasteiger partial charge in [0.25, 0.3) is 0 Å². The highest BCUT2D eigenvalue weighted by atomic mass is 16.7. The van der Waals surface area contributed by atoms with E-state index < -0.39 is 49.5 Å². The fourth-order valence-electron chi connectivity index (χ4n) is 8.88. The molecule has 0 bridgehead atoms. The van der Waals surface area contributed by atoms with Crippen molar-refractivity contribution in [2.45, 2.75) is 281 Å². The first kappa shape index (κ1) is 68.9. The Morgan fingerprint density at radius 2 is 0.838 bits per heavy atom. The van der Waals surface area contributed by atoms with Crippen LogP contribution >= 0.6 is 0 Å². The third-order valence-electron chi connectivity index (χ3n) is 13.6. The summed E-state index contributed by atoms with van der Waals surface area (Å²) in [5.41, 5.74) is 0. The molecule has 1 saturated heterocycles. The zero-order valence-corrected chi connectivity index (χ0v) is 47.1. The minimum Gasteiger partial charge on any atom is -0.394 e. The van der Waals surface area contributed by atoms with Crippen LogP contribution in [0, 0.1) is 0 Å². The number of unbranched alkanes of at least 4 members (excludes halogenated alkanes) is 24. The quantitative estimate of drug-likeness (QED) is 0.0261. The molecule has 1 fully saturated rings. The van der Waals surface area contributed by atoms with E-state index >= 15 is 0 Å². The topological polar surface area (TPSA) is 149 Å². The number of aliphatic hydroxyl groups is 5. The van der Waals surface area contributed by atoms with Crippen molar-refractivity contribution in [3.05, 3.63) is 109 Å². The Bertz CT molecular complexity index is 1530. The molecule has 6 N–H and O–H groups in total. The summed E-state index contributed by atoms with van der Waals surface area (Å²) < 4.78 is 11.3. The standard InChI is InChI=1S/C65H111NO8/c1-3-5-7-9-11-13-15-17-19-21-23-25-27-29-30-31-33-35-37-39-41-43-45-47-49-51-53-55-61(69)66-58(57-73-65-64(72)63(71)62(70)60(56-67)74-65)59(68)54-52-50-48-46-44-42-40-38-36-34-32-28-26-24-22-20-18-16-14-12-10-8-6-4-2/h5,7,11,13,17,19,23,25,29-30,33,35,39,41,45,47,52,54,58-60,62-65,67-68,70-72H,3-4,6,8-10,12,14-16,18,20-22,24,26-28,31-32,34,36-38,40,42-44,46,48-51,53,55-57H2,1-2H3,(H,66,69)/b7-5-,13-11-,19-17-,25-23-,30-29-,35-33-,41-39-,47-45-,54-52+. The molecule has 9 heteroatoms. The molecular formula is C65H111NO8. The Hall–Kier alpha value is -3.15. The van der Waals surface area contributed by atoms with Crippen molar-refractivity contribution in [2.75, 3.05) is 13.2 Å². The van der Waals surface area contributed by atoms with Gasteiger partial charge >= 0.3 is 0 Å².